The third-order valence-corrected chi connectivity index (χ3v) is 5.47. The second-order valence-corrected chi connectivity index (χ2v) is 8.71. The molecule has 35 heavy (non-hydrogen) atoms. The summed E-state index contributed by atoms with van der Waals surface area (Å²) >= 11 is 1.47. The Morgan fingerprint density at radius 3 is 1.80 bits per heavy atom. The Morgan fingerprint density at radius 2 is 1.31 bits per heavy atom. The fraction of sp³-hybridized carbons (Fsp3) is 0.700. The van der Waals surface area contributed by atoms with Crippen molar-refractivity contribution in [2.45, 2.75) is 69.1 Å². The van der Waals surface area contributed by atoms with Crippen LogP contribution in [0.1, 0.15) is 44.9 Å². The average Bonchev–Trinajstić information content (AvgIpc) is 2.78. The summed E-state index contributed by atoms with van der Waals surface area (Å²) in [5, 5.41) is 33.9. The molecule has 4 atom stereocenters. The molecular weight excluding hydrogens is 486 g/mol. The van der Waals surface area contributed by atoms with E-state index in [0.717, 1.165) is 0 Å². The second-order valence-electron chi connectivity index (χ2n) is 7.72. The first-order chi connectivity index (χ1) is 16.4. The highest BCUT2D eigenvalue weighted by Crippen LogP contribution is 2.07. The summed E-state index contributed by atoms with van der Waals surface area (Å²) in [4.78, 5) is 71.2. The minimum absolute atomic E-state index is 0.0427. The Bertz CT molecular complexity index is 752. The van der Waals surface area contributed by atoms with Gasteiger partial charge >= 0.3 is 17.9 Å². The van der Waals surface area contributed by atoms with Crippen LogP contribution in [-0.4, -0.2) is 93.7 Å². The highest BCUT2D eigenvalue weighted by Gasteiger charge is 2.31. The van der Waals surface area contributed by atoms with Gasteiger partial charge in [-0.2, -0.15) is 11.8 Å². The van der Waals surface area contributed by atoms with Gasteiger partial charge in [0.2, 0.25) is 17.7 Å². The van der Waals surface area contributed by atoms with Crippen molar-refractivity contribution in [2.24, 2.45) is 11.5 Å². The molecule has 0 aliphatic carbocycles. The van der Waals surface area contributed by atoms with Gasteiger partial charge in [0, 0.05) is 6.42 Å². The number of nitrogens with one attached hydrogen (secondary N) is 3. The fourth-order valence-electron chi connectivity index (χ4n) is 2.87. The third-order valence-electron chi connectivity index (χ3n) is 4.82. The molecule has 0 saturated heterocycles. The second kappa shape index (κ2) is 17.5. The summed E-state index contributed by atoms with van der Waals surface area (Å²) in [5.41, 5.74) is 11.3. The van der Waals surface area contributed by atoms with E-state index in [0.29, 0.717) is 31.6 Å². The Labute approximate surface area is 206 Å². The highest BCUT2D eigenvalue weighted by atomic mass is 32.2. The Morgan fingerprint density at radius 1 is 0.771 bits per heavy atom. The average molecular weight is 522 g/mol. The van der Waals surface area contributed by atoms with Crippen LogP contribution >= 0.6 is 11.8 Å². The van der Waals surface area contributed by atoms with Crippen LogP contribution in [0.15, 0.2) is 0 Å². The van der Waals surface area contributed by atoms with Gasteiger partial charge in [-0.3, -0.25) is 24.0 Å². The van der Waals surface area contributed by atoms with E-state index in [9.17, 15) is 33.9 Å². The van der Waals surface area contributed by atoms with Crippen molar-refractivity contribution in [1.82, 2.24) is 16.0 Å². The summed E-state index contributed by atoms with van der Waals surface area (Å²) in [6.07, 6.45) is 1.44. The van der Waals surface area contributed by atoms with Gasteiger partial charge in [-0.25, -0.2) is 4.79 Å². The number of carbonyl (C=O) groups excluding carboxylic acids is 3. The zero-order chi connectivity index (χ0) is 27.0. The van der Waals surface area contributed by atoms with Crippen LogP contribution in [0.25, 0.3) is 0 Å². The minimum Gasteiger partial charge on any atom is -0.481 e. The number of hydrogen-bond donors (Lipinski definition) is 8. The number of hydrogen-bond acceptors (Lipinski definition) is 9. The lowest BCUT2D eigenvalue weighted by molar-refractivity contribution is -0.147. The van der Waals surface area contributed by atoms with Crippen LogP contribution in [0.4, 0.5) is 0 Å². The van der Waals surface area contributed by atoms with Crippen LogP contribution < -0.4 is 27.4 Å². The first-order valence-corrected chi connectivity index (χ1v) is 12.3. The van der Waals surface area contributed by atoms with Gasteiger partial charge in [0.25, 0.3) is 0 Å². The molecular formula is C20H35N5O9S. The zero-order valence-corrected chi connectivity index (χ0v) is 20.3. The van der Waals surface area contributed by atoms with Crippen molar-refractivity contribution in [2.75, 3.05) is 18.6 Å². The molecule has 0 rings (SSSR count). The SMILES string of the molecule is CSCCC(N)C(=O)NC(CCC(=O)O)C(=O)NC(CCCCN)C(=O)NC(CC(=O)O)C(=O)O. The lowest BCUT2D eigenvalue weighted by atomic mass is 10.0. The standard InChI is InChI=1S/C20H35N5O9S/c1-35-9-7-11(22)17(30)23-13(5-6-15(26)27)19(32)24-12(4-2-3-8-21)18(31)25-14(20(33)34)10-16(28)29/h11-14H,2-10,21-22H2,1H3,(H,23,30)(H,24,32)(H,25,31)(H,26,27)(H,28,29)(H,33,34). The third kappa shape index (κ3) is 14.2. The number of carboxylic acids is 3. The van der Waals surface area contributed by atoms with Gasteiger partial charge in [-0.1, -0.05) is 0 Å². The van der Waals surface area contributed by atoms with Crippen molar-refractivity contribution >= 4 is 47.4 Å². The molecule has 0 bridgehead atoms. The number of thioether (sulfide) groups is 1. The van der Waals surface area contributed by atoms with Crippen molar-refractivity contribution < 1.29 is 44.1 Å². The molecule has 0 spiro atoms. The number of amides is 3. The van der Waals surface area contributed by atoms with Crippen LogP contribution in [-0.2, 0) is 28.8 Å². The van der Waals surface area contributed by atoms with E-state index < -0.39 is 72.6 Å². The minimum atomic E-state index is -1.73. The zero-order valence-electron chi connectivity index (χ0n) is 19.5. The maximum atomic E-state index is 12.9. The van der Waals surface area contributed by atoms with Crippen molar-refractivity contribution in [3.05, 3.63) is 0 Å². The molecule has 0 heterocycles. The molecule has 0 aromatic heterocycles. The number of rotatable bonds is 19. The summed E-state index contributed by atoms with van der Waals surface area (Å²) in [5.74, 6) is -6.11. The molecule has 0 aromatic rings. The highest BCUT2D eigenvalue weighted by molar-refractivity contribution is 7.98. The Balaban J connectivity index is 5.55. The van der Waals surface area contributed by atoms with Crippen molar-refractivity contribution in [1.29, 1.82) is 0 Å². The largest absolute Gasteiger partial charge is 0.481 e. The monoisotopic (exact) mass is 521 g/mol. The fourth-order valence-corrected chi connectivity index (χ4v) is 3.36. The van der Waals surface area contributed by atoms with Crippen LogP contribution in [0.5, 0.6) is 0 Å². The predicted molar refractivity (Wildman–Crippen MR) is 126 cm³/mol. The molecule has 15 heteroatoms. The summed E-state index contributed by atoms with van der Waals surface area (Å²) in [6.45, 7) is 0.296. The molecule has 4 unspecified atom stereocenters. The molecule has 0 aromatic carbocycles. The van der Waals surface area contributed by atoms with E-state index in [4.69, 9.17) is 21.7 Å². The number of carboxylic acid groups (broad SMARTS) is 3. The molecule has 0 aliphatic heterocycles. The van der Waals surface area contributed by atoms with Crippen LogP contribution in [0.3, 0.4) is 0 Å². The van der Waals surface area contributed by atoms with Gasteiger partial charge < -0.3 is 42.7 Å². The number of nitrogens with two attached hydrogens (primary N) is 2. The van der Waals surface area contributed by atoms with E-state index in [1.807, 2.05) is 6.26 Å². The summed E-state index contributed by atoms with van der Waals surface area (Å²) in [6, 6.07) is -5.26. The van der Waals surface area contributed by atoms with Gasteiger partial charge in [0.1, 0.15) is 18.1 Å². The number of unbranched alkanes of at least 4 members (excludes halogenated alkanes) is 1. The molecule has 0 fully saturated rings. The molecule has 0 radical (unpaired) electrons. The topological polar surface area (TPSA) is 251 Å². The van der Waals surface area contributed by atoms with Crippen molar-refractivity contribution in [3.63, 3.8) is 0 Å². The van der Waals surface area contributed by atoms with E-state index in [1.54, 1.807) is 0 Å². The lowest BCUT2D eigenvalue weighted by Gasteiger charge is -2.25. The van der Waals surface area contributed by atoms with Gasteiger partial charge in [-0.15, -0.1) is 0 Å². The van der Waals surface area contributed by atoms with Crippen LogP contribution in [0, 0.1) is 0 Å². The number of carbonyl (C=O) groups is 6. The van der Waals surface area contributed by atoms with Gasteiger partial charge in [-0.05, 0) is 50.7 Å². The van der Waals surface area contributed by atoms with E-state index >= 15 is 0 Å². The molecule has 0 saturated carbocycles. The molecule has 200 valence electrons. The first kappa shape index (κ1) is 32.1. The van der Waals surface area contributed by atoms with E-state index in [-0.39, 0.29) is 12.8 Å². The van der Waals surface area contributed by atoms with E-state index in [1.165, 1.54) is 11.8 Å². The molecule has 3 amide bonds. The summed E-state index contributed by atoms with van der Waals surface area (Å²) < 4.78 is 0. The first-order valence-electron chi connectivity index (χ1n) is 10.9. The molecule has 0 aliphatic rings. The normalized spacial score (nSPS) is 14.1. The Hall–Kier alpha value is -2.91. The predicted octanol–water partition coefficient (Wildman–Crippen LogP) is -1.93. The van der Waals surface area contributed by atoms with Gasteiger partial charge in [0.05, 0.1) is 12.5 Å². The summed E-state index contributed by atoms with van der Waals surface area (Å²) in [7, 11) is 0. The molecule has 14 nitrogen and oxygen atoms in total. The molecule has 10 N–H and O–H groups in total. The van der Waals surface area contributed by atoms with Crippen LogP contribution in [0.2, 0.25) is 0 Å². The quantitative estimate of drug-likeness (QED) is 0.0865. The maximum absolute atomic E-state index is 12.9. The van der Waals surface area contributed by atoms with Gasteiger partial charge in [0.15, 0.2) is 0 Å². The maximum Gasteiger partial charge on any atom is 0.326 e. The Kier molecular flexibility index (Phi) is 16.1. The number of aliphatic carboxylic acids is 3. The van der Waals surface area contributed by atoms with E-state index in [2.05, 4.69) is 16.0 Å². The lowest BCUT2D eigenvalue weighted by Crippen LogP contribution is -2.57. The van der Waals surface area contributed by atoms with Crippen molar-refractivity contribution in [3.8, 4) is 0 Å². The smallest absolute Gasteiger partial charge is 0.326 e.